The molecule has 0 fully saturated rings. The lowest BCUT2D eigenvalue weighted by Gasteiger charge is -2.11. The van der Waals surface area contributed by atoms with Gasteiger partial charge in [0.05, 0.1) is 24.9 Å². The minimum Gasteiger partial charge on any atom is -0.396 e. The minimum atomic E-state index is -0.331. The van der Waals surface area contributed by atoms with Gasteiger partial charge in [0.1, 0.15) is 0 Å². The smallest absolute Gasteiger partial charge is 0.0964 e. The lowest BCUT2D eigenvalue weighted by atomic mass is 10.3. The Morgan fingerprint density at radius 2 is 2.06 bits per heavy atom. The van der Waals surface area contributed by atoms with Crippen LogP contribution in [0.2, 0.25) is 0 Å². The van der Waals surface area contributed by atoms with Crippen LogP contribution in [0.25, 0.3) is 0 Å². The van der Waals surface area contributed by atoms with Crippen LogP contribution in [0, 0.1) is 0 Å². The van der Waals surface area contributed by atoms with Crippen molar-refractivity contribution in [2.75, 3.05) is 19.8 Å². The van der Waals surface area contributed by atoms with Crippen LogP contribution >= 0.6 is 0 Å². The Morgan fingerprint density at radius 1 is 1.31 bits per heavy atom. The Labute approximate surface area is 93.7 Å². The highest BCUT2D eigenvalue weighted by Crippen LogP contribution is 1.95. The van der Waals surface area contributed by atoms with Crippen molar-refractivity contribution in [2.45, 2.75) is 25.6 Å². The summed E-state index contributed by atoms with van der Waals surface area (Å²) in [5, 5.41) is 37.0. The molecule has 1 aromatic heterocycles. The van der Waals surface area contributed by atoms with Crippen LogP contribution in [0.5, 0.6) is 0 Å². The quantitative estimate of drug-likeness (QED) is 0.416. The monoisotopic (exact) mass is 230 g/mol. The number of hydrogen-bond acceptors (Lipinski definition) is 6. The zero-order valence-electron chi connectivity index (χ0n) is 9.08. The van der Waals surface area contributed by atoms with Crippen molar-refractivity contribution in [3.63, 3.8) is 0 Å². The van der Waals surface area contributed by atoms with Crippen LogP contribution in [0.15, 0.2) is 6.20 Å². The molecule has 0 saturated carbocycles. The van der Waals surface area contributed by atoms with E-state index >= 15 is 0 Å². The molecule has 0 radical (unpaired) electrons. The average molecular weight is 230 g/mol. The maximum absolute atomic E-state index is 8.83. The Kier molecular flexibility index (Phi) is 5.94. The van der Waals surface area contributed by atoms with Gasteiger partial charge in [-0.3, -0.25) is 4.68 Å². The molecule has 0 amide bonds. The van der Waals surface area contributed by atoms with Crippen LogP contribution in [-0.4, -0.2) is 56.2 Å². The van der Waals surface area contributed by atoms with Crippen molar-refractivity contribution in [1.82, 2.24) is 20.3 Å². The highest BCUT2D eigenvalue weighted by molar-refractivity contribution is 4.92. The third-order valence-electron chi connectivity index (χ3n) is 2.14. The zero-order valence-corrected chi connectivity index (χ0v) is 9.08. The maximum atomic E-state index is 8.83. The molecule has 7 nitrogen and oxygen atoms in total. The van der Waals surface area contributed by atoms with Crippen LogP contribution in [0.3, 0.4) is 0 Å². The molecule has 0 aliphatic rings. The molecule has 0 bridgehead atoms. The Morgan fingerprint density at radius 3 is 2.69 bits per heavy atom. The number of hydrogen-bond donors (Lipinski definition) is 4. The van der Waals surface area contributed by atoms with Crippen molar-refractivity contribution in [2.24, 2.45) is 0 Å². The highest BCUT2D eigenvalue weighted by Gasteiger charge is 2.06. The summed E-state index contributed by atoms with van der Waals surface area (Å²) in [4.78, 5) is 0. The number of aromatic nitrogens is 3. The summed E-state index contributed by atoms with van der Waals surface area (Å²) in [6, 6.07) is -0.331. The first-order valence-electron chi connectivity index (χ1n) is 5.25. The molecular weight excluding hydrogens is 212 g/mol. The SMILES string of the molecule is OCCCn1cc(CNC(CO)CO)nn1. The van der Waals surface area contributed by atoms with Crippen LogP contribution in [-0.2, 0) is 13.1 Å². The zero-order chi connectivity index (χ0) is 11.8. The number of aliphatic hydroxyl groups is 3. The number of aliphatic hydroxyl groups excluding tert-OH is 3. The van der Waals surface area contributed by atoms with E-state index in [0.29, 0.717) is 19.5 Å². The molecule has 0 atom stereocenters. The van der Waals surface area contributed by atoms with Gasteiger partial charge in [-0.2, -0.15) is 0 Å². The fourth-order valence-corrected chi connectivity index (χ4v) is 1.20. The number of nitrogens with zero attached hydrogens (tertiary/aromatic N) is 3. The van der Waals surface area contributed by atoms with Crippen molar-refractivity contribution in [1.29, 1.82) is 0 Å². The van der Waals surface area contributed by atoms with E-state index in [-0.39, 0.29) is 25.9 Å². The number of nitrogens with one attached hydrogen (secondary N) is 1. The highest BCUT2D eigenvalue weighted by atomic mass is 16.3. The Hall–Kier alpha value is -1.02. The third kappa shape index (κ3) is 4.23. The maximum Gasteiger partial charge on any atom is 0.0964 e. The first-order valence-corrected chi connectivity index (χ1v) is 5.25. The molecule has 0 aliphatic heterocycles. The average Bonchev–Trinajstić information content (AvgIpc) is 2.76. The number of rotatable bonds is 8. The van der Waals surface area contributed by atoms with Gasteiger partial charge in [-0.1, -0.05) is 5.21 Å². The second-order valence-electron chi connectivity index (χ2n) is 3.49. The van der Waals surface area contributed by atoms with E-state index in [4.69, 9.17) is 15.3 Å². The molecule has 16 heavy (non-hydrogen) atoms. The molecule has 1 rings (SSSR count). The fourth-order valence-electron chi connectivity index (χ4n) is 1.20. The summed E-state index contributed by atoms with van der Waals surface area (Å²) in [5.74, 6) is 0. The molecule has 1 aromatic rings. The predicted octanol–water partition coefficient (Wildman–Crippen LogP) is -1.90. The van der Waals surface area contributed by atoms with E-state index in [0.717, 1.165) is 5.69 Å². The molecule has 7 heteroatoms. The van der Waals surface area contributed by atoms with Crippen LogP contribution < -0.4 is 5.32 Å². The third-order valence-corrected chi connectivity index (χ3v) is 2.14. The fraction of sp³-hybridized carbons (Fsp3) is 0.778. The predicted molar refractivity (Wildman–Crippen MR) is 56.5 cm³/mol. The molecule has 4 N–H and O–H groups in total. The van der Waals surface area contributed by atoms with E-state index in [1.807, 2.05) is 0 Å². The van der Waals surface area contributed by atoms with Crippen LogP contribution in [0.1, 0.15) is 12.1 Å². The normalized spacial score (nSPS) is 11.2. The minimum absolute atomic E-state index is 0.116. The largest absolute Gasteiger partial charge is 0.396 e. The van der Waals surface area contributed by atoms with E-state index in [1.165, 1.54) is 0 Å². The van der Waals surface area contributed by atoms with E-state index in [2.05, 4.69) is 15.6 Å². The van der Waals surface area contributed by atoms with Gasteiger partial charge in [-0.05, 0) is 6.42 Å². The molecule has 0 unspecified atom stereocenters. The topological polar surface area (TPSA) is 103 Å². The summed E-state index contributed by atoms with van der Waals surface area (Å²) in [6.07, 6.45) is 2.42. The number of aryl methyl sites for hydroxylation is 1. The van der Waals surface area contributed by atoms with Crippen LogP contribution in [0.4, 0.5) is 0 Å². The lowest BCUT2D eigenvalue weighted by Crippen LogP contribution is -2.35. The van der Waals surface area contributed by atoms with E-state index in [1.54, 1.807) is 10.9 Å². The van der Waals surface area contributed by atoms with Gasteiger partial charge in [-0.15, -0.1) is 5.10 Å². The summed E-state index contributed by atoms with van der Waals surface area (Å²) in [7, 11) is 0. The first kappa shape index (κ1) is 13.0. The van der Waals surface area contributed by atoms with Gasteiger partial charge in [0.25, 0.3) is 0 Å². The summed E-state index contributed by atoms with van der Waals surface area (Å²) >= 11 is 0. The van der Waals surface area contributed by atoms with Crippen molar-refractivity contribution in [3.05, 3.63) is 11.9 Å². The van der Waals surface area contributed by atoms with Gasteiger partial charge in [-0.25, -0.2) is 0 Å². The molecule has 0 aromatic carbocycles. The summed E-state index contributed by atoms with van der Waals surface area (Å²) in [6.45, 7) is 0.979. The molecule has 92 valence electrons. The Bertz CT molecular complexity index is 288. The molecule has 0 saturated heterocycles. The molecular formula is C9H18N4O3. The molecule has 0 aliphatic carbocycles. The van der Waals surface area contributed by atoms with Gasteiger partial charge >= 0.3 is 0 Å². The molecule has 0 spiro atoms. The summed E-state index contributed by atoms with van der Waals surface area (Å²) < 4.78 is 1.65. The lowest BCUT2D eigenvalue weighted by molar-refractivity contribution is 0.170. The summed E-state index contributed by atoms with van der Waals surface area (Å²) in [5.41, 5.74) is 0.741. The van der Waals surface area contributed by atoms with Crippen molar-refractivity contribution in [3.8, 4) is 0 Å². The van der Waals surface area contributed by atoms with E-state index in [9.17, 15) is 0 Å². The first-order chi connectivity index (χ1) is 7.80. The standard InChI is InChI=1S/C9H18N4O3/c14-3-1-2-13-5-8(11-12-13)4-10-9(6-15)7-16/h5,9-10,14-16H,1-4,6-7H2. The van der Waals surface area contributed by atoms with Crippen molar-refractivity contribution >= 4 is 0 Å². The van der Waals surface area contributed by atoms with Gasteiger partial charge in [0, 0.05) is 25.9 Å². The second kappa shape index (κ2) is 7.29. The Balaban J connectivity index is 2.33. The second-order valence-corrected chi connectivity index (χ2v) is 3.49. The van der Waals surface area contributed by atoms with E-state index < -0.39 is 0 Å². The van der Waals surface area contributed by atoms with Crippen molar-refractivity contribution < 1.29 is 15.3 Å². The van der Waals surface area contributed by atoms with Gasteiger partial charge in [0.15, 0.2) is 0 Å². The van der Waals surface area contributed by atoms with Gasteiger partial charge in [0.2, 0.25) is 0 Å². The van der Waals surface area contributed by atoms with Gasteiger partial charge < -0.3 is 20.6 Å². The molecule has 1 heterocycles.